The summed E-state index contributed by atoms with van der Waals surface area (Å²) in [6, 6.07) is 10.0. The van der Waals surface area contributed by atoms with Gasteiger partial charge in [-0.15, -0.1) is 0 Å². The van der Waals surface area contributed by atoms with Gasteiger partial charge in [-0.3, -0.25) is 4.98 Å². The maximum Gasteiger partial charge on any atom is 0.496 e. The molecule has 3 rings (SSSR count). The fraction of sp³-hybridized carbons (Fsp3) is 0.421. The zero-order valence-electron chi connectivity index (χ0n) is 15.2. The SMILES string of the molecule is COc1cccc(-c2ncc(B3OC(C)(C)C(C)(C)O3)cc2C)c1. The number of pyridine rings is 1. The molecule has 0 aliphatic carbocycles. The van der Waals surface area contributed by atoms with E-state index in [0.29, 0.717) is 0 Å². The summed E-state index contributed by atoms with van der Waals surface area (Å²) >= 11 is 0. The van der Waals surface area contributed by atoms with Crippen LogP contribution in [0.4, 0.5) is 0 Å². The van der Waals surface area contributed by atoms with Crippen LogP contribution in [-0.4, -0.2) is 30.4 Å². The first-order chi connectivity index (χ1) is 11.2. The summed E-state index contributed by atoms with van der Waals surface area (Å²) in [7, 11) is 1.28. The quantitative estimate of drug-likeness (QED) is 0.812. The molecule has 1 aliphatic heterocycles. The van der Waals surface area contributed by atoms with Crippen molar-refractivity contribution in [2.24, 2.45) is 0 Å². The van der Waals surface area contributed by atoms with Crippen molar-refractivity contribution >= 4 is 12.6 Å². The average molecular weight is 325 g/mol. The smallest absolute Gasteiger partial charge is 0.496 e. The largest absolute Gasteiger partial charge is 0.497 e. The molecule has 2 aromatic rings. The van der Waals surface area contributed by atoms with E-state index in [4.69, 9.17) is 14.0 Å². The summed E-state index contributed by atoms with van der Waals surface area (Å²) in [5, 5.41) is 0. The minimum absolute atomic E-state index is 0.350. The van der Waals surface area contributed by atoms with E-state index in [1.165, 1.54) is 0 Å². The standard InChI is InChI=1S/C19H24BNO3/c1-13-10-15(20-23-18(2,3)19(4,5)24-20)12-21-17(13)14-8-7-9-16(11-14)22-6/h7-12H,1-6H3. The number of hydrogen-bond acceptors (Lipinski definition) is 4. The Morgan fingerprint density at radius 1 is 1.04 bits per heavy atom. The van der Waals surface area contributed by atoms with Gasteiger partial charge in [0, 0.05) is 17.2 Å². The highest BCUT2D eigenvalue weighted by molar-refractivity contribution is 6.62. The molecule has 4 nitrogen and oxygen atoms in total. The third-order valence-corrected chi connectivity index (χ3v) is 4.97. The third kappa shape index (κ3) is 2.94. The fourth-order valence-corrected chi connectivity index (χ4v) is 2.78. The van der Waals surface area contributed by atoms with Gasteiger partial charge in [0.25, 0.3) is 0 Å². The highest BCUT2D eigenvalue weighted by Crippen LogP contribution is 2.36. The first-order valence-electron chi connectivity index (χ1n) is 8.20. The molecule has 1 aromatic heterocycles. The molecule has 2 heterocycles. The van der Waals surface area contributed by atoms with Crippen molar-refractivity contribution in [3.63, 3.8) is 0 Å². The van der Waals surface area contributed by atoms with E-state index in [0.717, 1.165) is 28.0 Å². The van der Waals surface area contributed by atoms with Crippen molar-refractivity contribution in [1.82, 2.24) is 4.98 Å². The monoisotopic (exact) mass is 325 g/mol. The van der Waals surface area contributed by atoms with Gasteiger partial charge in [-0.25, -0.2) is 0 Å². The number of nitrogens with zero attached hydrogens (tertiary/aromatic N) is 1. The topological polar surface area (TPSA) is 40.6 Å². The molecule has 0 unspecified atom stereocenters. The number of rotatable bonds is 3. The molecule has 1 fully saturated rings. The maximum absolute atomic E-state index is 6.10. The lowest BCUT2D eigenvalue weighted by molar-refractivity contribution is 0.00578. The zero-order valence-corrected chi connectivity index (χ0v) is 15.2. The Hall–Kier alpha value is -1.85. The van der Waals surface area contributed by atoms with Gasteiger partial charge in [-0.1, -0.05) is 18.2 Å². The highest BCUT2D eigenvalue weighted by atomic mass is 16.7. The van der Waals surface area contributed by atoms with E-state index >= 15 is 0 Å². The lowest BCUT2D eigenvalue weighted by atomic mass is 9.79. The van der Waals surface area contributed by atoms with E-state index in [9.17, 15) is 0 Å². The van der Waals surface area contributed by atoms with Crippen LogP contribution in [0.1, 0.15) is 33.3 Å². The fourth-order valence-electron chi connectivity index (χ4n) is 2.78. The third-order valence-electron chi connectivity index (χ3n) is 4.97. The number of benzene rings is 1. The van der Waals surface area contributed by atoms with Crippen LogP contribution in [-0.2, 0) is 9.31 Å². The predicted molar refractivity (Wildman–Crippen MR) is 96.7 cm³/mol. The van der Waals surface area contributed by atoms with Crippen molar-refractivity contribution in [3.8, 4) is 17.0 Å². The Bertz CT molecular complexity index is 742. The molecule has 0 amide bonds. The molecular weight excluding hydrogens is 301 g/mol. The second-order valence-electron chi connectivity index (χ2n) is 7.25. The van der Waals surface area contributed by atoms with Gasteiger partial charge in [0.15, 0.2) is 0 Å². The van der Waals surface area contributed by atoms with Gasteiger partial charge in [-0.05, 0) is 52.3 Å². The molecule has 0 radical (unpaired) electrons. The minimum atomic E-state index is -0.388. The first-order valence-corrected chi connectivity index (χ1v) is 8.20. The van der Waals surface area contributed by atoms with Crippen LogP contribution in [0.15, 0.2) is 36.5 Å². The Morgan fingerprint density at radius 2 is 1.71 bits per heavy atom. The minimum Gasteiger partial charge on any atom is -0.497 e. The molecule has 0 spiro atoms. The van der Waals surface area contributed by atoms with E-state index in [2.05, 4.69) is 45.7 Å². The molecule has 0 N–H and O–H groups in total. The zero-order chi connectivity index (χ0) is 17.5. The van der Waals surface area contributed by atoms with Crippen molar-refractivity contribution in [2.45, 2.75) is 45.8 Å². The predicted octanol–water partition coefficient (Wildman–Crippen LogP) is 3.36. The van der Waals surface area contributed by atoms with Crippen LogP contribution in [0.2, 0.25) is 0 Å². The van der Waals surface area contributed by atoms with E-state index in [1.807, 2.05) is 30.5 Å². The van der Waals surface area contributed by atoms with Crippen molar-refractivity contribution in [3.05, 3.63) is 42.1 Å². The highest BCUT2D eigenvalue weighted by Gasteiger charge is 2.51. The number of hydrogen-bond donors (Lipinski definition) is 0. The molecule has 24 heavy (non-hydrogen) atoms. The molecule has 0 atom stereocenters. The Kier molecular flexibility index (Phi) is 4.18. The van der Waals surface area contributed by atoms with Gasteiger partial charge in [0.05, 0.1) is 24.0 Å². The molecule has 1 aliphatic rings. The van der Waals surface area contributed by atoms with Gasteiger partial charge >= 0.3 is 7.12 Å². The van der Waals surface area contributed by atoms with Crippen LogP contribution in [0.25, 0.3) is 11.3 Å². The van der Waals surface area contributed by atoms with Crippen LogP contribution in [0.5, 0.6) is 5.75 Å². The second kappa shape index (κ2) is 5.90. The molecule has 1 aromatic carbocycles. The van der Waals surface area contributed by atoms with Crippen molar-refractivity contribution in [2.75, 3.05) is 7.11 Å². The number of aromatic nitrogens is 1. The van der Waals surface area contributed by atoms with Gasteiger partial charge < -0.3 is 14.0 Å². The average Bonchev–Trinajstić information content (AvgIpc) is 2.75. The van der Waals surface area contributed by atoms with Crippen LogP contribution in [0.3, 0.4) is 0 Å². The Balaban J connectivity index is 1.91. The summed E-state index contributed by atoms with van der Waals surface area (Å²) in [6.45, 7) is 10.3. The van der Waals surface area contributed by atoms with Gasteiger partial charge in [0.1, 0.15) is 5.75 Å². The lowest BCUT2D eigenvalue weighted by Gasteiger charge is -2.32. The number of methoxy groups -OCH3 is 1. The summed E-state index contributed by atoms with van der Waals surface area (Å²) in [5.74, 6) is 0.823. The first kappa shape index (κ1) is 17.0. The lowest BCUT2D eigenvalue weighted by Crippen LogP contribution is -2.41. The molecule has 1 saturated heterocycles. The van der Waals surface area contributed by atoms with Crippen LogP contribution < -0.4 is 10.2 Å². The van der Waals surface area contributed by atoms with Crippen LogP contribution in [0, 0.1) is 6.92 Å². The van der Waals surface area contributed by atoms with Crippen molar-refractivity contribution in [1.29, 1.82) is 0 Å². The van der Waals surface area contributed by atoms with E-state index in [-0.39, 0.29) is 18.3 Å². The molecule has 126 valence electrons. The maximum atomic E-state index is 6.10. The molecule has 5 heteroatoms. The van der Waals surface area contributed by atoms with E-state index in [1.54, 1.807) is 7.11 Å². The second-order valence-corrected chi connectivity index (χ2v) is 7.25. The summed E-state index contributed by atoms with van der Waals surface area (Å²) in [4.78, 5) is 4.65. The summed E-state index contributed by atoms with van der Waals surface area (Å²) < 4.78 is 17.5. The van der Waals surface area contributed by atoms with Gasteiger partial charge in [-0.2, -0.15) is 0 Å². The Labute approximate surface area is 144 Å². The molecular formula is C19H24BNO3. The number of aryl methyl sites for hydroxylation is 1. The van der Waals surface area contributed by atoms with E-state index < -0.39 is 0 Å². The normalized spacial score (nSPS) is 18.7. The summed E-state index contributed by atoms with van der Waals surface area (Å²) in [5.41, 5.74) is 3.29. The summed E-state index contributed by atoms with van der Waals surface area (Å²) in [6.07, 6.45) is 1.84. The molecule has 0 saturated carbocycles. The van der Waals surface area contributed by atoms with Crippen molar-refractivity contribution < 1.29 is 14.0 Å². The Morgan fingerprint density at radius 3 is 2.29 bits per heavy atom. The number of ether oxygens (including phenoxy) is 1. The van der Waals surface area contributed by atoms with Gasteiger partial charge in [0.2, 0.25) is 0 Å². The van der Waals surface area contributed by atoms with Crippen LogP contribution >= 0.6 is 0 Å². The molecule has 0 bridgehead atoms.